The number of alkyl carbamates (subject to hydrolysis) is 1. The molecule has 0 aromatic rings. The quantitative estimate of drug-likeness (QED) is 0.815. The molecule has 5 heteroatoms. The first-order valence-corrected chi connectivity index (χ1v) is 8.41. The maximum absolute atomic E-state index is 11.8. The molecule has 2 saturated carbocycles. The molecule has 0 radical (unpaired) electrons. The summed E-state index contributed by atoms with van der Waals surface area (Å²) >= 11 is 0. The standard InChI is InChI=1S/C17H29NO4/c1-16(2,3)22-15(21)18-13-6-9-17(10-7-13)8-4-5-12(11-17)14(19)20/h12-13H,4-11H2,1-3H3,(H,18,21)(H,19,20). The number of rotatable bonds is 2. The summed E-state index contributed by atoms with van der Waals surface area (Å²) in [5, 5.41) is 12.2. The highest BCUT2D eigenvalue weighted by molar-refractivity contribution is 5.70. The number of ether oxygens (including phenoxy) is 1. The van der Waals surface area contributed by atoms with Crippen LogP contribution in [0.5, 0.6) is 0 Å². The van der Waals surface area contributed by atoms with Crippen molar-refractivity contribution in [3.8, 4) is 0 Å². The number of aliphatic carboxylic acids is 1. The van der Waals surface area contributed by atoms with Gasteiger partial charge in [-0.15, -0.1) is 0 Å². The largest absolute Gasteiger partial charge is 0.481 e. The molecule has 2 N–H and O–H groups in total. The molecule has 2 aliphatic rings. The van der Waals surface area contributed by atoms with Crippen molar-refractivity contribution in [1.29, 1.82) is 0 Å². The highest BCUT2D eigenvalue weighted by atomic mass is 16.6. The van der Waals surface area contributed by atoms with Crippen molar-refractivity contribution < 1.29 is 19.4 Å². The number of hydrogen-bond donors (Lipinski definition) is 2. The van der Waals surface area contributed by atoms with Crippen LogP contribution in [0, 0.1) is 11.3 Å². The third kappa shape index (κ3) is 4.62. The summed E-state index contributed by atoms with van der Waals surface area (Å²) in [6.07, 6.45) is 7.29. The van der Waals surface area contributed by atoms with Crippen LogP contribution in [0.3, 0.4) is 0 Å². The van der Waals surface area contributed by atoms with Crippen LogP contribution in [0.2, 0.25) is 0 Å². The molecule has 1 unspecified atom stereocenters. The Morgan fingerprint density at radius 2 is 1.77 bits per heavy atom. The van der Waals surface area contributed by atoms with Crippen molar-refractivity contribution in [1.82, 2.24) is 5.32 Å². The van der Waals surface area contributed by atoms with Crippen molar-refractivity contribution in [2.24, 2.45) is 11.3 Å². The monoisotopic (exact) mass is 311 g/mol. The van der Waals surface area contributed by atoms with Crippen LogP contribution in [0.1, 0.15) is 72.1 Å². The smallest absolute Gasteiger partial charge is 0.407 e. The summed E-state index contributed by atoms with van der Waals surface area (Å²) in [4.78, 5) is 23.1. The number of amides is 1. The number of carbonyl (C=O) groups is 2. The second-order valence-electron chi connectivity index (χ2n) is 8.05. The first-order chi connectivity index (χ1) is 10.2. The van der Waals surface area contributed by atoms with E-state index in [4.69, 9.17) is 4.74 Å². The van der Waals surface area contributed by atoms with Crippen molar-refractivity contribution in [3.63, 3.8) is 0 Å². The molecule has 1 spiro atoms. The van der Waals surface area contributed by atoms with E-state index in [1.165, 1.54) is 0 Å². The molecule has 1 atom stereocenters. The van der Waals surface area contributed by atoms with E-state index in [0.717, 1.165) is 51.4 Å². The van der Waals surface area contributed by atoms with Crippen LogP contribution in [-0.4, -0.2) is 28.8 Å². The van der Waals surface area contributed by atoms with Crippen LogP contribution in [-0.2, 0) is 9.53 Å². The number of carboxylic acid groups (broad SMARTS) is 1. The Morgan fingerprint density at radius 3 is 2.32 bits per heavy atom. The van der Waals surface area contributed by atoms with Crippen LogP contribution in [0.15, 0.2) is 0 Å². The summed E-state index contributed by atoms with van der Waals surface area (Å²) in [5.41, 5.74) is -0.286. The Morgan fingerprint density at radius 1 is 1.14 bits per heavy atom. The molecule has 0 aliphatic heterocycles. The first kappa shape index (κ1) is 17.1. The lowest BCUT2D eigenvalue weighted by atomic mass is 9.62. The predicted molar refractivity (Wildman–Crippen MR) is 83.7 cm³/mol. The minimum absolute atomic E-state index is 0.158. The van der Waals surface area contributed by atoms with E-state index in [0.29, 0.717) is 0 Å². The van der Waals surface area contributed by atoms with Gasteiger partial charge in [0.2, 0.25) is 0 Å². The van der Waals surface area contributed by atoms with Gasteiger partial charge >= 0.3 is 12.1 Å². The zero-order chi connectivity index (χ0) is 16.4. The fourth-order valence-electron chi connectivity index (χ4n) is 3.96. The molecule has 2 aliphatic carbocycles. The second-order valence-corrected chi connectivity index (χ2v) is 8.05. The Labute approximate surface area is 132 Å². The minimum atomic E-state index is -0.645. The summed E-state index contributed by atoms with van der Waals surface area (Å²) in [7, 11) is 0. The normalized spacial score (nSPS) is 32.5. The molecule has 22 heavy (non-hydrogen) atoms. The Kier molecular flexibility index (Phi) is 5.03. The van der Waals surface area contributed by atoms with E-state index in [2.05, 4.69) is 5.32 Å². The topological polar surface area (TPSA) is 75.6 Å². The average Bonchev–Trinajstić information content (AvgIpc) is 2.40. The first-order valence-electron chi connectivity index (χ1n) is 8.41. The molecule has 5 nitrogen and oxygen atoms in total. The molecule has 0 aromatic heterocycles. The van der Waals surface area contributed by atoms with Crippen LogP contribution in [0.4, 0.5) is 4.79 Å². The second kappa shape index (κ2) is 6.47. The molecule has 0 heterocycles. The maximum Gasteiger partial charge on any atom is 0.407 e. The van der Waals surface area contributed by atoms with Gasteiger partial charge in [-0.3, -0.25) is 4.79 Å². The fourth-order valence-corrected chi connectivity index (χ4v) is 3.96. The Hall–Kier alpha value is -1.26. The molecule has 1 amide bonds. The van der Waals surface area contributed by atoms with E-state index >= 15 is 0 Å². The van der Waals surface area contributed by atoms with Crippen molar-refractivity contribution in [2.75, 3.05) is 0 Å². The SMILES string of the molecule is CC(C)(C)OC(=O)NC1CCC2(CCCC(C(=O)O)C2)CC1. The van der Waals surface area contributed by atoms with Gasteiger partial charge in [-0.25, -0.2) is 4.79 Å². The summed E-state index contributed by atoms with van der Waals surface area (Å²) in [6.45, 7) is 5.57. The molecule has 2 fully saturated rings. The molecule has 0 bridgehead atoms. The van der Waals surface area contributed by atoms with Crippen molar-refractivity contribution in [2.45, 2.75) is 83.8 Å². The molecule has 0 aromatic carbocycles. The highest BCUT2D eigenvalue weighted by Gasteiger charge is 2.41. The Balaban J connectivity index is 1.82. The summed E-state index contributed by atoms with van der Waals surface area (Å²) < 4.78 is 5.30. The van der Waals surface area contributed by atoms with Gasteiger partial charge in [0.1, 0.15) is 5.60 Å². The zero-order valence-corrected chi connectivity index (χ0v) is 14.0. The lowest BCUT2D eigenvalue weighted by Crippen LogP contribution is -2.44. The predicted octanol–water partition coefficient (Wildman–Crippen LogP) is 3.71. The van der Waals surface area contributed by atoms with Crippen LogP contribution in [0.25, 0.3) is 0 Å². The lowest BCUT2D eigenvalue weighted by Gasteiger charge is -2.44. The van der Waals surface area contributed by atoms with E-state index < -0.39 is 11.6 Å². The van der Waals surface area contributed by atoms with Gasteiger partial charge < -0.3 is 15.2 Å². The Bertz CT molecular complexity index is 419. The minimum Gasteiger partial charge on any atom is -0.481 e. The molecule has 0 saturated heterocycles. The zero-order valence-electron chi connectivity index (χ0n) is 14.0. The van der Waals surface area contributed by atoms with Crippen LogP contribution >= 0.6 is 0 Å². The van der Waals surface area contributed by atoms with Crippen LogP contribution < -0.4 is 5.32 Å². The van der Waals surface area contributed by atoms with E-state index in [-0.39, 0.29) is 23.5 Å². The molecule has 2 rings (SSSR count). The van der Waals surface area contributed by atoms with E-state index in [1.54, 1.807) is 0 Å². The third-order valence-electron chi connectivity index (χ3n) is 5.06. The highest BCUT2D eigenvalue weighted by Crippen LogP contribution is 2.49. The maximum atomic E-state index is 11.8. The van der Waals surface area contributed by atoms with Gasteiger partial charge in [-0.05, 0) is 71.1 Å². The fraction of sp³-hybridized carbons (Fsp3) is 0.882. The molecular formula is C17H29NO4. The molecular weight excluding hydrogens is 282 g/mol. The van der Waals surface area contributed by atoms with Gasteiger partial charge in [0.15, 0.2) is 0 Å². The lowest BCUT2D eigenvalue weighted by molar-refractivity contribution is -0.145. The van der Waals surface area contributed by atoms with E-state index in [1.807, 2.05) is 20.8 Å². The van der Waals surface area contributed by atoms with Gasteiger partial charge in [-0.1, -0.05) is 6.42 Å². The van der Waals surface area contributed by atoms with Crippen molar-refractivity contribution >= 4 is 12.1 Å². The number of carboxylic acids is 1. The third-order valence-corrected chi connectivity index (χ3v) is 5.06. The molecule has 126 valence electrons. The van der Waals surface area contributed by atoms with Gasteiger partial charge in [0, 0.05) is 6.04 Å². The van der Waals surface area contributed by atoms with Crippen molar-refractivity contribution in [3.05, 3.63) is 0 Å². The summed E-state index contributed by atoms with van der Waals surface area (Å²) in [5.74, 6) is -0.822. The number of nitrogens with one attached hydrogen (secondary N) is 1. The van der Waals surface area contributed by atoms with E-state index in [9.17, 15) is 14.7 Å². The van der Waals surface area contributed by atoms with Gasteiger partial charge in [0.05, 0.1) is 5.92 Å². The van der Waals surface area contributed by atoms with Gasteiger partial charge in [-0.2, -0.15) is 0 Å². The van der Waals surface area contributed by atoms with Gasteiger partial charge in [0.25, 0.3) is 0 Å². The number of hydrogen-bond acceptors (Lipinski definition) is 3. The summed E-state index contributed by atoms with van der Waals surface area (Å²) in [6, 6.07) is 0.158. The average molecular weight is 311 g/mol. The number of carbonyl (C=O) groups excluding carboxylic acids is 1.